The van der Waals surface area contributed by atoms with Gasteiger partial charge >= 0.3 is 0 Å². The second-order valence-electron chi connectivity index (χ2n) is 17.3. The number of nitrogens with zero attached hydrogens (tertiary/aromatic N) is 1. The molecule has 0 radical (unpaired) electrons. The highest BCUT2D eigenvalue weighted by Gasteiger charge is 2.38. The van der Waals surface area contributed by atoms with Crippen LogP contribution in [-0.4, -0.2) is 0 Å². The first-order valence-corrected chi connectivity index (χ1v) is 20.4. The van der Waals surface area contributed by atoms with E-state index < -0.39 is 0 Å². The van der Waals surface area contributed by atoms with Crippen LogP contribution in [0.1, 0.15) is 49.9 Å². The topological polar surface area (TPSA) is 16.4 Å². The van der Waals surface area contributed by atoms with Crippen molar-refractivity contribution in [3.8, 4) is 33.4 Å². The Labute approximate surface area is 338 Å². The highest BCUT2D eigenvalue weighted by atomic mass is 16.3. The van der Waals surface area contributed by atoms with Gasteiger partial charge in [0.15, 0.2) is 5.58 Å². The lowest BCUT2D eigenvalue weighted by molar-refractivity contribution is 0.645. The number of anilines is 3. The van der Waals surface area contributed by atoms with Crippen LogP contribution in [-0.2, 0) is 10.8 Å². The minimum absolute atomic E-state index is 0.146. The predicted octanol–water partition coefficient (Wildman–Crippen LogP) is 15.6. The van der Waals surface area contributed by atoms with Crippen LogP contribution < -0.4 is 4.90 Å². The maximum absolute atomic E-state index is 6.80. The Hall–Kier alpha value is -6.90. The van der Waals surface area contributed by atoms with Gasteiger partial charge in [-0.3, -0.25) is 0 Å². The molecule has 10 aromatic rings. The van der Waals surface area contributed by atoms with Crippen LogP contribution in [0.4, 0.5) is 17.1 Å². The third-order valence-electron chi connectivity index (χ3n) is 13.4. The molecule has 12 rings (SSSR count). The number of para-hydroxylation sites is 2. The summed E-state index contributed by atoms with van der Waals surface area (Å²) in [5.74, 6) is 0. The van der Waals surface area contributed by atoms with E-state index in [0.29, 0.717) is 0 Å². The zero-order valence-corrected chi connectivity index (χ0v) is 33.1. The number of furan rings is 1. The fourth-order valence-corrected chi connectivity index (χ4v) is 10.5. The summed E-state index contributed by atoms with van der Waals surface area (Å²) in [5, 5.41) is 7.35. The molecular weight excluding hydrogens is 703 g/mol. The summed E-state index contributed by atoms with van der Waals surface area (Å²) in [6.07, 6.45) is 0. The van der Waals surface area contributed by atoms with Gasteiger partial charge in [-0.15, -0.1) is 0 Å². The molecule has 1 heterocycles. The van der Waals surface area contributed by atoms with Crippen molar-refractivity contribution in [2.45, 2.75) is 38.5 Å². The van der Waals surface area contributed by atoms with Crippen molar-refractivity contribution in [2.24, 2.45) is 0 Å². The molecule has 0 bridgehead atoms. The quantitative estimate of drug-likeness (QED) is 0.178. The summed E-state index contributed by atoms with van der Waals surface area (Å²) in [6.45, 7) is 9.50. The molecule has 0 amide bonds. The van der Waals surface area contributed by atoms with Crippen molar-refractivity contribution in [2.75, 3.05) is 4.90 Å². The molecule has 0 unspecified atom stereocenters. The van der Waals surface area contributed by atoms with Gasteiger partial charge in [-0.25, -0.2) is 0 Å². The Morgan fingerprint density at radius 1 is 0.414 bits per heavy atom. The van der Waals surface area contributed by atoms with E-state index in [4.69, 9.17) is 4.42 Å². The Morgan fingerprint density at radius 3 is 1.97 bits per heavy atom. The van der Waals surface area contributed by atoms with Crippen LogP contribution in [0.15, 0.2) is 180 Å². The molecule has 9 aromatic carbocycles. The molecule has 1 aromatic heterocycles. The summed E-state index contributed by atoms with van der Waals surface area (Å²) < 4.78 is 6.80. The van der Waals surface area contributed by atoms with Gasteiger partial charge in [0.2, 0.25) is 0 Å². The minimum atomic E-state index is -0.213. The van der Waals surface area contributed by atoms with Crippen LogP contribution in [0.5, 0.6) is 0 Å². The van der Waals surface area contributed by atoms with Crippen molar-refractivity contribution in [1.29, 1.82) is 0 Å². The molecule has 0 saturated carbocycles. The standard InChI is InChI=1S/C56H41NO/c1-55(2)47-30-27-38(32-45(47)53-40(28-25-35-15-11-20-48(55)52(35)53)37-24-23-34-13-5-6-14-36(34)31-37)57(50-21-12-18-44-43-17-8-10-22-51(43)58-54(44)50)39-26-29-42-41-16-7-9-19-46(41)56(3,4)49(42)33-39/h5-33H,1-4H3. The lowest BCUT2D eigenvalue weighted by Gasteiger charge is -2.37. The van der Waals surface area contributed by atoms with Crippen LogP contribution in [0.25, 0.3) is 76.9 Å². The fraction of sp³-hybridized carbons (Fsp3) is 0.107. The first-order chi connectivity index (χ1) is 28.3. The van der Waals surface area contributed by atoms with Gasteiger partial charge in [-0.05, 0) is 120 Å². The Bertz CT molecular complexity index is 3360. The molecule has 58 heavy (non-hydrogen) atoms. The van der Waals surface area contributed by atoms with E-state index in [1.165, 1.54) is 77.2 Å². The number of fused-ring (bicyclic) bond motifs is 9. The molecule has 0 fully saturated rings. The SMILES string of the molecule is CC1(C)c2ccccc2-c2ccc(N(c3ccc4c(c3)-c3c(-c5ccc6ccccc6c5)ccc5cccc(c35)C4(C)C)c3cccc4c3oc3ccccc34)cc21. The van der Waals surface area contributed by atoms with Gasteiger partial charge in [0, 0.05) is 33.0 Å². The van der Waals surface area contributed by atoms with Crippen molar-refractivity contribution < 1.29 is 4.42 Å². The van der Waals surface area contributed by atoms with Gasteiger partial charge in [-0.1, -0.05) is 161 Å². The van der Waals surface area contributed by atoms with Gasteiger partial charge in [0.1, 0.15) is 5.58 Å². The Balaban J connectivity index is 1.14. The van der Waals surface area contributed by atoms with E-state index in [1.807, 2.05) is 0 Å². The van der Waals surface area contributed by atoms with Crippen molar-refractivity contribution in [1.82, 2.24) is 0 Å². The molecular formula is C56H41NO. The average molecular weight is 744 g/mol. The van der Waals surface area contributed by atoms with E-state index in [2.05, 4.69) is 209 Å². The normalized spacial score (nSPS) is 14.5. The largest absolute Gasteiger partial charge is 0.454 e. The second-order valence-corrected chi connectivity index (χ2v) is 17.3. The highest BCUT2D eigenvalue weighted by molar-refractivity contribution is 6.12. The lowest BCUT2D eigenvalue weighted by atomic mass is 9.67. The zero-order chi connectivity index (χ0) is 38.9. The average Bonchev–Trinajstić information content (AvgIpc) is 3.75. The van der Waals surface area contributed by atoms with Crippen LogP contribution >= 0.6 is 0 Å². The van der Waals surface area contributed by atoms with Gasteiger partial charge in [0.25, 0.3) is 0 Å². The summed E-state index contributed by atoms with van der Waals surface area (Å²) in [4.78, 5) is 2.44. The number of rotatable bonds is 4. The third kappa shape index (κ3) is 4.54. The Morgan fingerprint density at radius 2 is 1.05 bits per heavy atom. The summed E-state index contributed by atoms with van der Waals surface area (Å²) >= 11 is 0. The van der Waals surface area contributed by atoms with Crippen molar-refractivity contribution >= 4 is 60.5 Å². The molecule has 2 nitrogen and oxygen atoms in total. The molecule has 0 atom stereocenters. The molecule has 0 saturated heterocycles. The first kappa shape index (κ1) is 33.3. The summed E-state index contributed by atoms with van der Waals surface area (Å²) in [5.41, 5.74) is 17.7. The van der Waals surface area contributed by atoms with Crippen LogP contribution in [0.2, 0.25) is 0 Å². The Kier molecular flexibility index (Phi) is 6.78. The van der Waals surface area contributed by atoms with Gasteiger partial charge in [0.05, 0.1) is 5.69 Å². The van der Waals surface area contributed by atoms with Crippen molar-refractivity contribution in [3.63, 3.8) is 0 Å². The van der Waals surface area contributed by atoms with Gasteiger partial charge in [-0.2, -0.15) is 0 Å². The molecule has 0 N–H and O–H groups in total. The lowest BCUT2D eigenvalue weighted by Crippen LogP contribution is -2.24. The van der Waals surface area contributed by atoms with E-state index in [9.17, 15) is 0 Å². The fourth-order valence-electron chi connectivity index (χ4n) is 10.5. The predicted molar refractivity (Wildman–Crippen MR) is 244 cm³/mol. The maximum Gasteiger partial charge on any atom is 0.159 e. The molecule has 0 spiro atoms. The molecule has 276 valence electrons. The van der Waals surface area contributed by atoms with E-state index in [1.54, 1.807) is 0 Å². The molecule has 2 heteroatoms. The van der Waals surface area contributed by atoms with Crippen LogP contribution in [0.3, 0.4) is 0 Å². The van der Waals surface area contributed by atoms with Crippen LogP contribution in [0, 0.1) is 0 Å². The number of hydrogen-bond acceptors (Lipinski definition) is 2. The highest BCUT2D eigenvalue weighted by Crippen LogP contribution is 2.55. The summed E-state index contributed by atoms with van der Waals surface area (Å²) in [7, 11) is 0. The summed E-state index contributed by atoms with van der Waals surface area (Å²) in [6, 6.07) is 65.2. The monoisotopic (exact) mass is 743 g/mol. The first-order valence-electron chi connectivity index (χ1n) is 20.4. The smallest absolute Gasteiger partial charge is 0.159 e. The maximum atomic E-state index is 6.80. The zero-order valence-electron chi connectivity index (χ0n) is 33.1. The van der Waals surface area contributed by atoms with E-state index >= 15 is 0 Å². The van der Waals surface area contributed by atoms with E-state index in [0.717, 1.165) is 39.0 Å². The van der Waals surface area contributed by atoms with Gasteiger partial charge < -0.3 is 9.32 Å². The van der Waals surface area contributed by atoms with Crippen molar-refractivity contribution in [3.05, 3.63) is 198 Å². The molecule has 2 aliphatic rings. The minimum Gasteiger partial charge on any atom is -0.454 e. The molecule has 2 aliphatic carbocycles. The third-order valence-corrected chi connectivity index (χ3v) is 13.4. The molecule has 0 aliphatic heterocycles. The van der Waals surface area contributed by atoms with E-state index in [-0.39, 0.29) is 10.8 Å². The second kappa shape index (κ2) is 11.8. The number of hydrogen-bond donors (Lipinski definition) is 0. The number of benzene rings is 9.